The third-order valence-corrected chi connectivity index (χ3v) is 1.85. The van der Waals surface area contributed by atoms with E-state index in [2.05, 4.69) is 5.32 Å². The van der Waals surface area contributed by atoms with Gasteiger partial charge < -0.3 is 14.8 Å². The van der Waals surface area contributed by atoms with Crippen molar-refractivity contribution in [2.24, 2.45) is 0 Å². The molecule has 1 saturated heterocycles. The summed E-state index contributed by atoms with van der Waals surface area (Å²) >= 11 is 0. The molecule has 1 aliphatic heterocycles. The fourth-order valence-corrected chi connectivity index (χ4v) is 1.20. The first-order valence-electron chi connectivity index (χ1n) is 4.46. The number of hydrogen-bond donors (Lipinski definition) is 1. The van der Waals surface area contributed by atoms with E-state index in [1.54, 1.807) is 0 Å². The van der Waals surface area contributed by atoms with Crippen LogP contribution in [-0.2, 0) is 9.47 Å². The minimum atomic E-state index is -2.37. The maximum atomic E-state index is 11.6. The molecule has 1 unspecified atom stereocenters. The molecule has 1 rings (SSSR count). The molecule has 0 amide bonds. The number of ether oxygens (including phenoxy) is 2. The van der Waals surface area contributed by atoms with Gasteiger partial charge in [-0.2, -0.15) is 0 Å². The smallest absolute Gasteiger partial charge is 0.261 e. The molecule has 0 aliphatic carbocycles. The molecule has 0 radical (unpaired) electrons. The van der Waals surface area contributed by atoms with Crippen LogP contribution in [0.2, 0.25) is 0 Å². The van der Waals surface area contributed by atoms with Crippen LogP contribution in [0.3, 0.4) is 0 Å². The van der Waals surface area contributed by atoms with E-state index in [-0.39, 0.29) is 0 Å². The molecule has 1 fully saturated rings. The monoisotopic (exact) mass is 195 g/mol. The van der Waals surface area contributed by atoms with Gasteiger partial charge in [0.1, 0.15) is 6.61 Å². The SMILES string of the molecule is FC(F)COCCNC1CCOC1. The molecule has 0 bridgehead atoms. The largest absolute Gasteiger partial charge is 0.380 e. The number of rotatable bonds is 6. The summed E-state index contributed by atoms with van der Waals surface area (Å²) < 4.78 is 33.0. The second-order valence-electron chi connectivity index (χ2n) is 2.98. The van der Waals surface area contributed by atoms with E-state index in [0.717, 1.165) is 19.6 Å². The molecule has 3 nitrogen and oxygen atoms in total. The zero-order valence-corrected chi connectivity index (χ0v) is 7.47. The Morgan fingerprint density at radius 3 is 3.00 bits per heavy atom. The first-order valence-corrected chi connectivity index (χ1v) is 4.46. The van der Waals surface area contributed by atoms with E-state index in [1.807, 2.05) is 0 Å². The minimum absolute atomic E-state index is 0.334. The summed E-state index contributed by atoms with van der Waals surface area (Å²) in [6.45, 7) is 1.98. The average molecular weight is 195 g/mol. The van der Waals surface area contributed by atoms with Crippen LogP contribution in [0.15, 0.2) is 0 Å². The lowest BCUT2D eigenvalue weighted by Gasteiger charge is -2.10. The van der Waals surface area contributed by atoms with Crippen molar-refractivity contribution in [3.8, 4) is 0 Å². The fraction of sp³-hybridized carbons (Fsp3) is 1.00. The van der Waals surface area contributed by atoms with Gasteiger partial charge in [-0.25, -0.2) is 8.78 Å². The second-order valence-corrected chi connectivity index (χ2v) is 2.98. The molecular formula is C8H15F2NO2. The summed E-state index contributed by atoms with van der Waals surface area (Å²) in [6, 6.07) is 0.371. The van der Waals surface area contributed by atoms with Crippen LogP contribution < -0.4 is 5.32 Å². The topological polar surface area (TPSA) is 30.5 Å². The number of halogens is 2. The van der Waals surface area contributed by atoms with Gasteiger partial charge in [0.15, 0.2) is 0 Å². The molecular weight excluding hydrogens is 180 g/mol. The minimum Gasteiger partial charge on any atom is -0.380 e. The van der Waals surface area contributed by atoms with E-state index >= 15 is 0 Å². The third-order valence-electron chi connectivity index (χ3n) is 1.85. The van der Waals surface area contributed by atoms with Crippen LogP contribution in [0.4, 0.5) is 8.78 Å². The van der Waals surface area contributed by atoms with Crippen molar-refractivity contribution in [2.75, 3.05) is 33.0 Å². The highest BCUT2D eigenvalue weighted by molar-refractivity contribution is 4.70. The quantitative estimate of drug-likeness (QED) is 0.631. The molecule has 0 aromatic heterocycles. The molecule has 1 atom stereocenters. The predicted molar refractivity (Wildman–Crippen MR) is 44.0 cm³/mol. The molecule has 13 heavy (non-hydrogen) atoms. The van der Waals surface area contributed by atoms with Gasteiger partial charge in [-0.05, 0) is 6.42 Å². The Bertz CT molecular complexity index is 129. The van der Waals surface area contributed by atoms with Crippen molar-refractivity contribution >= 4 is 0 Å². The maximum Gasteiger partial charge on any atom is 0.261 e. The third kappa shape index (κ3) is 5.13. The maximum absolute atomic E-state index is 11.6. The van der Waals surface area contributed by atoms with E-state index in [0.29, 0.717) is 19.2 Å². The molecule has 0 spiro atoms. The van der Waals surface area contributed by atoms with Crippen molar-refractivity contribution < 1.29 is 18.3 Å². The zero-order chi connectivity index (χ0) is 9.52. The first kappa shape index (κ1) is 10.8. The number of nitrogens with one attached hydrogen (secondary N) is 1. The van der Waals surface area contributed by atoms with Gasteiger partial charge in [0, 0.05) is 19.2 Å². The van der Waals surface area contributed by atoms with E-state index in [9.17, 15) is 8.78 Å². The molecule has 0 saturated carbocycles. The summed E-state index contributed by atoms with van der Waals surface area (Å²) in [5.74, 6) is 0. The van der Waals surface area contributed by atoms with Crippen molar-refractivity contribution in [1.29, 1.82) is 0 Å². The molecule has 1 N–H and O–H groups in total. The Hall–Kier alpha value is -0.260. The summed E-state index contributed by atoms with van der Waals surface area (Å²) in [7, 11) is 0. The van der Waals surface area contributed by atoms with Gasteiger partial charge in [0.05, 0.1) is 13.2 Å². The van der Waals surface area contributed by atoms with E-state index in [4.69, 9.17) is 9.47 Å². The zero-order valence-electron chi connectivity index (χ0n) is 7.47. The Morgan fingerprint density at radius 1 is 1.54 bits per heavy atom. The molecule has 0 aromatic carbocycles. The van der Waals surface area contributed by atoms with Gasteiger partial charge in [-0.1, -0.05) is 0 Å². The highest BCUT2D eigenvalue weighted by Gasteiger charge is 2.13. The Labute approximate surface area is 76.4 Å². The van der Waals surface area contributed by atoms with Gasteiger partial charge >= 0.3 is 0 Å². The van der Waals surface area contributed by atoms with Crippen LogP contribution in [0, 0.1) is 0 Å². The average Bonchev–Trinajstić information content (AvgIpc) is 2.55. The van der Waals surface area contributed by atoms with Gasteiger partial charge in [-0.3, -0.25) is 0 Å². The van der Waals surface area contributed by atoms with Gasteiger partial charge in [-0.15, -0.1) is 0 Å². The van der Waals surface area contributed by atoms with Crippen molar-refractivity contribution in [1.82, 2.24) is 5.32 Å². The highest BCUT2D eigenvalue weighted by Crippen LogP contribution is 2.02. The summed E-state index contributed by atoms with van der Waals surface area (Å²) in [5.41, 5.74) is 0. The predicted octanol–water partition coefficient (Wildman–Crippen LogP) is 0.647. The Kier molecular flexibility index (Phi) is 5.19. The number of hydrogen-bond acceptors (Lipinski definition) is 3. The lowest BCUT2D eigenvalue weighted by Crippen LogP contribution is -2.32. The second kappa shape index (κ2) is 6.23. The van der Waals surface area contributed by atoms with Crippen LogP contribution in [0.5, 0.6) is 0 Å². The fourth-order valence-electron chi connectivity index (χ4n) is 1.20. The molecule has 1 heterocycles. The lowest BCUT2D eigenvalue weighted by atomic mass is 10.3. The highest BCUT2D eigenvalue weighted by atomic mass is 19.3. The van der Waals surface area contributed by atoms with Crippen molar-refractivity contribution in [3.63, 3.8) is 0 Å². The van der Waals surface area contributed by atoms with E-state index in [1.165, 1.54) is 0 Å². The normalized spacial score (nSPS) is 22.8. The summed E-state index contributed by atoms with van der Waals surface area (Å²) in [6.07, 6.45) is -1.37. The molecule has 1 aliphatic rings. The molecule has 5 heteroatoms. The first-order chi connectivity index (χ1) is 6.29. The van der Waals surface area contributed by atoms with Crippen LogP contribution in [-0.4, -0.2) is 45.4 Å². The molecule has 0 aromatic rings. The van der Waals surface area contributed by atoms with Crippen LogP contribution in [0.1, 0.15) is 6.42 Å². The molecule has 78 valence electrons. The van der Waals surface area contributed by atoms with Crippen LogP contribution >= 0.6 is 0 Å². The summed E-state index contributed by atoms with van der Waals surface area (Å²) in [4.78, 5) is 0. The van der Waals surface area contributed by atoms with Crippen molar-refractivity contribution in [3.05, 3.63) is 0 Å². The number of alkyl halides is 2. The van der Waals surface area contributed by atoms with Gasteiger partial charge in [0.2, 0.25) is 0 Å². The standard InChI is InChI=1S/C8H15F2NO2/c9-8(10)6-13-4-2-11-7-1-3-12-5-7/h7-8,11H,1-6H2. The van der Waals surface area contributed by atoms with Crippen molar-refractivity contribution in [2.45, 2.75) is 18.9 Å². The lowest BCUT2D eigenvalue weighted by molar-refractivity contribution is 0.0181. The summed E-state index contributed by atoms with van der Waals surface area (Å²) in [5, 5.41) is 3.16. The Morgan fingerprint density at radius 2 is 2.38 bits per heavy atom. The van der Waals surface area contributed by atoms with Gasteiger partial charge in [0.25, 0.3) is 6.43 Å². The Balaban J connectivity index is 1.83. The van der Waals surface area contributed by atoms with Crippen LogP contribution in [0.25, 0.3) is 0 Å². The van der Waals surface area contributed by atoms with E-state index < -0.39 is 13.0 Å².